The molecule has 0 unspecified atom stereocenters. The molecule has 1 N–H and O–H groups in total. The van der Waals surface area contributed by atoms with Gasteiger partial charge in [-0.3, -0.25) is 9.59 Å². The number of nitrogens with zero attached hydrogens (tertiary/aromatic N) is 1. The van der Waals surface area contributed by atoms with Crippen molar-refractivity contribution in [1.82, 2.24) is 9.97 Å². The maximum Gasteiger partial charge on any atom is 0.433 e. The number of hydrogen-bond acceptors (Lipinski definition) is 4. The minimum absolute atomic E-state index is 0.00354. The summed E-state index contributed by atoms with van der Waals surface area (Å²) >= 11 is 0. The molecule has 0 amide bonds. The van der Waals surface area contributed by atoms with E-state index in [1.54, 1.807) is 0 Å². The van der Waals surface area contributed by atoms with Crippen molar-refractivity contribution in [2.75, 3.05) is 7.11 Å². The number of hydrogen-bond donors (Lipinski definition) is 1. The van der Waals surface area contributed by atoms with Gasteiger partial charge in [-0.2, -0.15) is 13.2 Å². The van der Waals surface area contributed by atoms with Crippen LogP contribution in [0.5, 0.6) is 0 Å². The van der Waals surface area contributed by atoms with Crippen LogP contribution in [0.15, 0.2) is 23.0 Å². The molecule has 2 aromatic heterocycles. The minimum atomic E-state index is -4.58. The molecule has 20 heavy (non-hydrogen) atoms. The molecule has 2 heterocycles. The van der Waals surface area contributed by atoms with Crippen molar-refractivity contribution < 1.29 is 22.7 Å². The summed E-state index contributed by atoms with van der Waals surface area (Å²) in [6.07, 6.45) is -4.91. The number of rotatable bonds is 2. The molecule has 0 fully saturated rings. The Morgan fingerprint density at radius 1 is 1.40 bits per heavy atom. The van der Waals surface area contributed by atoms with Crippen molar-refractivity contribution in [2.24, 2.45) is 0 Å². The first-order chi connectivity index (χ1) is 9.31. The van der Waals surface area contributed by atoms with E-state index in [1.807, 2.05) is 0 Å². The highest BCUT2D eigenvalue weighted by molar-refractivity contribution is 5.77. The normalized spacial score (nSPS) is 11.6. The molecule has 106 valence electrons. The van der Waals surface area contributed by atoms with Gasteiger partial charge in [-0.25, -0.2) is 4.98 Å². The van der Waals surface area contributed by atoms with E-state index < -0.39 is 23.4 Å². The molecule has 0 radical (unpaired) electrons. The second-order valence-electron chi connectivity index (χ2n) is 4.00. The number of nitrogens with one attached hydrogen (secondary N) is 1. The smallest absolute Gasteiger partial charge is 0.433 e. The molecule has 2 rings (SSSR count). The standard InChI is InChI=1S/C12H9F3N2O3/c1-20-10(18)5-6-4-8-7(17-11(6)19)2-3-9(16-8)12(13,14)15/h2-4H,5H2,1H3,(H,17,19). The van der Waals surface area contributed by atoms with Crippen molar-refractivity contribution in [3.63, 3.8) is 0 Å². The van der Waals surface area contributed by atoms with Crippen molar-refractivity contribution in [3.8, 4) is 0 Å². The molecular weight excluding hydrogens is 277 g/mol. The van der Waals surface area contributed by atoms with E-state index >= 15 is 0 Å². The zero-order valence-electron chi connectivity index (χ0n) is 10.2. The number of halogens is 3. The number of aromatic nitrogens is 2. The fraction of sp³-hybridized carbons (Fsp3) is 0.250. The Bertz CT molecular complexity index is 722. The van der Waals surface area contributed by atoms with E-state index in [0.717, 1.165) is 25.3 Å². The number of carbonyl (C=O) groups excluding carboxylic acids is 1. The highest BCUT2D eigenvalue weighted by Crippen LogP contribution is 2.28. The predicted octanol–water partition coefficient (Wildman–Crippen LogP) is 1.66. The summed E-state index contributed by atoms with van der Waals surface area (Å²) in [6.45, 7) is 0. The van der Waals surface area contributed by atoms with Crippen LogP contribution in [0.25, 0.3) is 11.0 Å². The first kappa shape index (κ1) is 14.0. The first-order valence-electron chi connectivity index (χ1n) is 5.48. The summed E-state index contributed by atoms with van der Waals surface area (Å²) < 4.78 is 42.1. The van der Waals surface area contributed by atoms with Crippen molar-refractivity contribution in [1.29, 1.82) is 0 Å². The Balaban J connectivity index is 2.55. The van der Waals surface area contributed by atoms with Gasteiger partial charge in [-0.1, -0.05) is 0 Å². The van der Waals surface area contributed by atoms with Crippen molar-refractivity contribution in [2.45, 2.75) is 12.6 Å². The number of methoxy groups -OCH3 is 1. The van der Waals surface area contributed by atoms with Crippen molar-refractivity contribution in [3.05, 3.63) is 39.8 Å². The third-order valence-corrected chi connectivity index (χ3v) is 2.63. The molecule has 0 bridgehead atoms. The third kappa shape index (κ3) is 2.79. The van der Waals surface area contributed by atoms with E-state index in [9.17, 15) is 22.8 Å². The molecule has 0 saturated carbocycles. The third-order valence-electron chi connectivity index (χ3n) is 2.63. The monoisotopic (exact) mass is 286 g/mol. The average molecular weight is 286 g/mol. The molecule has 0 aliphatic heterocycles. The largest absolute Gasteiger partial charge is 0.469 e. The second-order valence-corrected chi connectivity index (χ2v) is 4.00. The maximum absolute atomic E-state index is 12.6. The van der Waals surface area contributed by atoms with Gasteiger partial charge in [0.2, 0.25) is 0 Å². The van der Waals surface area contributed by atoms with Gasteiger partial charge in [-0.15, -0.1) is 0 Å². The van der Waals surface area contributed by atoms with Crippen LogP contribution in [-0.2, 0) is 22.1 Å². The summed E-state index contributed by atoms with van der Waals surface area (Å²) in [5.41, 5.74) is -1.52. The zero-order chi connectivity index (χ0) is 14.9. The highest BCUT2D eigenvalue weighted by atomic mass is 19.4. The molecule has 0 spiro atoms. The van der Waals surface area contributed by atoms with Crippen LogP contribution in [-0.4, -0.2) is 23.0 Å². The second kappa shape index (κ2) is 4.95. The van der Waals surface area contributed by atoms with Crippen LogP contribution < -0.4 is 5.56 Å². The average Bonchev–Trinajstić information content (AvgIpc) is 2.37. The highest BCUT2D eigenvalue weighted by Gasteiger charge is 2.32. The fourth-order valence-corrected chi connectivity index (χ4v) is 1.64. The van der Waals surface area contributed by atoms with Crippen LogP contribution in [0.1, 0.15) is 11.3 Å². The molecule has 0 aliphatic rings. The van der Waals surface area contributed by atoms with Gasteiger partial charge >= 0.3 is 12.1 Å². The lowest BCUT2D eigenvalue weighted by Crippen LogP contribution is -2.18. The van der Waals surface area contributed by atoms with Crippen LogP contribution in [0.3, 0.4) is 0 Å². The van der Waals surface area contributed by atoms with E-state index in [2.05, 4.69) is 14.7 Å². The number of pyridine rings is 2. The summed E-state index contributed by atoms with van der Waals surface area (Å²) in [5.74, 6) is -0.665. The van der Waals surface area contributed by atoms with E-state index in [0.29, 0.717) is 0 Å². The Hall–Kier alpha value is -2.38. The van der Waals surface area contributed by atoms with Gasteiger partial charge < -0.3 is 9.72 Å². The molecule has 5 nitrogen and oxygen atoms in total. The quantitative estimate of drug-likeness (QED) is 0.852. The van der Waals surface area contributed by atoms with Crippen LogP contribution in [0, 0.1) is 0 Å². The predicted molar refractivity (Wildman–Crippen MR) is 63.1 cm³/mol. The summed E-state index contributed by atoms with van der Waals surface area (Å²) in [5, 5.41) is 0. The topological polar surface area (TPSA) is 72.0 Å². The number of alkyl halides is 3. The Morgan fingerprint density at radius 2 is 2.10 bits per heavy atom. The van der Waals surface area contributed by atoms with Gasteiger partial charge in [0.05, 0.1) is 24.6 Å². The fourth-order valence-electron chi connectivity index (χ4n) is 1.64. The lowest BCUT2D eigenvalue weighted by Gasteiger charge is -2.07. The Labute approximate surface area is 110 Å². The lowest BCUT2D eigenvalue weighted by molar-refractivity contribution is -0.141. The number of carbonyl (C=O) groups is 1. The molecule has 0 saturated heterocycles. The van der Waals surface area contributed by atoms with E-state index in [4.69, 9.17) is 0 Å². The van der Waals surface area contributed by atoms with Crippen molar-refractivity contribution >= 4 is 17.0 Å². The van der Waals surface area contributed by atoms with Crippen LogP contribution in [0.2, 0.25) is 0 Å². The van der Waals surface area contributed by atoms with Crippen LogP contribution >= 0.6 is 0 Å². The number of aromatic amines is 1. The molecular formula is C12H9F3N2O3. The van der Waals surface area contributed by atoms with E-state index in [-0.39, 0.29) is 23.0 Å². The Kier molecular flexibility index (Phi) is 3.47. The molecule has 2 aromatic rings. The summed E-state index contributed by atoms with van der Waals surface area (Å²) in [4.78, 5) is 28.6. The summed E-state index contributed by atoms with van der Waals surface area (Å²) in [7, 11) is 1.15. The summed E-state index contributed by atoms with van der Waals surface area (Å²) in [6, 6.07) is 3.05. The Morgan fingerprint density at radius 3 is 2.70 bits per heavy atom. The number of ether oxygens (including phenoxy) is 1. The molecule has 0 aromatic carbocycles. The first-order valence-corrected chi connectivity index (χ1v) is 5.48. The molecule has 8 heteroatoms. The zero-order valence-corrected chi connectivity index (χ0v) is 10.2. The lowest BCUT2D eigenvalue weighted by atomic mass is 10.1. The number of fused-ring (bicyclic) bond motifs is 1. The SMILES string of the molecule is COC(=O)Cc1cc2nc(C(F)(F)F)ccc2[nH]c1=O. The van der Waals surface area contributed by atoms with Gasteiger partial charge in [-0.05, 0) is 18.2 Å². The van der Waals surface area contributed by atoms with Gasteiger partial charge in [0.25, 0.3) is 5.56 Å². The number of H-pyrrole nitrogens is 1. The van der Waals surface area contributed by atoms with Gasteiger partial charge in [0.15, 0.2) is 0 Å². The van der Waals surface area contributed by atoms with Crippen LogP contribution in [0.4, 0.5) is 13.2 Å². The minimum Gasteiger partial charge on any atom is -0.469 e. The van der Waals surface area contributed by atoms with Gasteiger partial charge in [0.1, 0.15) is 5.69 Å². The van der Waals surface area contributed by atoms with Gasteiger partial charge in [0, 0.05) is 5.56 Å². The van der Waals surface area contributed by atoms with E-state index in [1.165, 1.54) is 0 Å². The molecule has 0 aliphatic carbocycles. The molecule has 0 atom stereocenters. The number of esters is 1. The maximum atomic E-state index is 12.6.